The molecule has 0 unspecified atom stereocenters. The molecule has 1 atom stereocenters. The first kappa shape index (κ1) is 24.0. The fourth-order valence-corrected chi connectivity index (χ4v) is 4.02. The van der Waals surface area contributed by atoms with E-state index in [1.54, 1.807) is 16.7 Å². The summed E-state index contributed by atoms with van der Waals surface area (Å²) in [6.45, 7) is 9.17. The quantitative estimate of drug-likeness (QED) is 0.577. The number of nitrogens with zero attached hydrogens (tertiary/aromatic N) is 1. The molecule has 0 bridgehead atoms. The van der Waals surface area contributed by atoms with Gasteiger partial charge in [0, 0.05) is 18.8 Å². The Bertz CT molecular complexity index is 808. The third-order valence-electron chi connectivity index (χ3n) is 4.91. The summed E-state index contributed by atoms with van der Waals surface area (Å²) in [7, 11) is 0. The molecule has 0 aromatic heterocycles. The summed E-state index contributed by atoms with van der Waals surface area (Å²) in [4.78, 5) is 27.4. The van der Waals surface area contributed by atoms with Crippen LogP contribution in [0.15, 0.2) is 54.6 Å². The molecule has 0 heterocycles. The second kappa shape index (κ2) is 12.4. The Balaban J connectivity index is 1.98. The largest absolute Gasteiger partial charge is 0.354 e. The molecule has 2 aromatic carbocycles. The Morgan fingerprint density at radius 1 is 1.00 bits per heavy atom. The highest BCUT2D eigenvalue weighted by atomic mass is 32.2. The highest BCUT2D eigenvalue weighted by molar-refractivity contribution is 7.99. The SMILES string of the molecule is Cc1cccc(CSCC(=O)N(CCc2ccccc2)[C@H](C)C(=O)NCC(C)C)c1. The molecule has 2 aromatic rings. The molecule has 1 N–H and O–H groups in total. The van der Waals surface area contributed by atoms with Crippen molar-refractivity contribution in [2.24, 2.45) is 5.92 Å². The number of rotatable bonds is 11. The van der Waals surface area contributed by atoms with E-state index >= 15 is 0 Å². The number of thioether (sulfide) groups is 1. The third-order valence-corrected chi connectivity index (χ3v) is 5.90. The number of amides is 2. The monoisotopic (exact) mass is 426 g/mol. The zero-order chi connectivity index (χ0) is 21.9. The summed E-state index contributed by atoms with van der Waals surface area (Å²) in [5.41, 5.74) is 3.60. The van der Waals surface area contributed by atoms with E-state index in [0.717, 1.165) is 17.7 Å². The summed E-state index contributed by atoms with van der Waals surface area (Å²) in [6, 6.07) is 17.9. The van der Waals surface area contributed by atoms with Crippen molar-refractivity contribution in [2.45, 2.75) is 45.9 Å². The molecule has 2 rings (SSSR count). The minimum atomic E-state index is -0.487. The maximum Gasteiger partial charge on any atom is 0.242 e. The molecule has 30 heavy (non-hydrogen) atoms. The lowest BCUT2D eigenvalue weighted by Crippen LogP contribution is -2.50. The van der Waals surface area contributed by atoms with Gasteiger partial charge in [-0.25, -0.2) is 0 Å². The van der Waals surface area contributed by atoms with E-state index in [2.05, 4.69) is 56.4 Å². The molecule has 4 nitrogen and oxygen atoms in total. The Kier molecular flexibility index (Phi) is 9.95. The molecule has 0 saturated heterocycles. The van der Waals surface area contributed by atoms with Gasteiger partial charge >= 0.3 is 0 Å². The fraction of sp³-hybridized carbons (Fsp3) is 0.440. The van der Waals surface area contributed by atoms with Crippen molar-refractivity contribution in [2.75, 3.05) is 18.8 Å². The van der Waals surface area contributed by atoms with E-state index in [0.29, 0.717) is 24.8 Å². The van der Waals surface area contributed by atoms with Crippen LogP contribution in [0.4, 0.5) is 0 Å². The molecule has 0 aliphatic heterocycles. The Labute approximate surface area is 185 Å². The van der Waals surface area contributed by atoms with Crippen LogP contribution in [0, 0.1) is 12.8 Å². The predicted molar refractivity (Wildman–Crippen MR) is 127 cm³/mol. The fourth-order valence-electron chi connectivity index (χ4n) is 3.16. The molecule has 0 aliphatic carbocycles. The van der Waals surface area contributed by atoms with Crippen LogP contribution in [0.3, 0.4) is 0 Å². The van der Waals surface area contributed by atoms with Crippen LogP contribution < -0.4 is 5.32 Å². The number of carbonyl (C=O) groups is 2. The number of hydrogen-bond acceptors (Lipinski definition) is 3. The standard InChI is InChI=1S/C25H34N2O2S/c1-19(2)16-26-25(29)21(4)27(14-13-22-10-6-5-7-11-22)24(28)18-30-17-23-12-8-9-20(3)15-23/h5-12,15,19,21H,13-14,16-18H2,1-4H3,(H,26,29)/t21-/m1/s1. The topological polar surface area (TPSA) is 49.4 Å². The van der Waals surface area contributed by atoms with Crippen LogP contribution >= 0.6 is 11.8 Å². The lowest BCUT2D eigenvalue weighted by Gasteiger charge is -2.29. The normalized spacial score (nSPS) is 11.9. The summed E-state index contributed by atoms with van der Waals surface area (Å²) in [5.74, 6) is 1.45. The molecular weight excluding hydrogens is 392 g/mol. The van der Waals surface area contributed by atoms with Crippen LogP contribution in [0.5, 0.6) is 0 Å². The third kappa shape index (κ3) is 8.23. The number of nitrogens with one attached hydrogen (secondary N) is 1. The summed E-state index contributed by atoms with van der Waals surface area (Å²) in [5, 5.41) is 2.96. The van der Waals surface area contributed by atoms with Gasteiger partial charge in [-0.1, -0.05) is 74.0 Å². The van der Waals surface area contributed by atoms with E-state index in [-0.39, 0.29) is 11.8 Å². The minimum absolute atomic E-state index is 0.00998. The van der Waals surface area contributed by atoms with Crippen molar-refractivity contribution in [3.05, 3.63) is 71.3 Å². The maximum absolute atomic E-state index is 13.0. The summed E-state index contributed by atoms with van der Waals surface area (Å²) < 4.78 is 0. The van der Waals surface area contributed by atoms with Gasteiger partial charge in [-0.2, -0.15) is 0 Å². The molecule has 2 amide bonds. The number of aryl methyl sites for hydroxylation is 1. The van der Waals surface area contributed by atoms with Gasteiger partial charge in [-0.3, -0.25) is 9.59 Å². The van der Waals surface area contributed by atoms with Crippen molar-refractivity contribution in [3.8, 4) is 0 Å². The van der Waals surface area contributed by atoms with Crippen molar-refractivity contribution < 1.29 is 9.59 Å². The number of hydrogen-bond donors (Lipinski definition) is 1. The predicted octanol–water partition coefficient (Wildman–Crippen LogP) is 4.46. The van der Waals surface area contributed by atoms with Crippen molar-refractivity contribution in [1.82, 2.24) is 10.2 Å². The van der Waals surface area contributed by atoms with E-state index in [1.807, 2.05) is 31.2 Å². The van der Waals surface area contributed by atoms with Gasteiger partial charge < -0.3 is 10.2 Å². The van der Waals surface area contributed by atoms with E-state index in [9.17, 15) is 9.59 Å². The lowest BCUT2D eigenvalue weighted by atomic mass is 10.1. The molecular formula is C25H34N2O2S. The van der Waals surface area contributed by atoms with E-state index in [1.165, 1.54) is 11.1 Å². The Hall–Kier alpha value is -2.27. The summed E-state index contributed by atoms with van der Waals surface area (Å²) in [6.07, 6.45) is 0.733. The zero-order valence-electron chi connectivity index (χ0n) is 18.6. The van der Waals surface area contributed by atoms with Crippen LogP contribution in [0.2, 0.25) is 0 Å². The average molecular weight is 427 g/mol. The van der Waals surface area contributed by atoms with Gasteiger partial charge in [0.25, 0.3) is 0 Å². The second-order valence-corrected chi connectivity index (χ2v) is 9.11. The minimum Gasteiger partial charge on any atom is -0.354 e. The Morgan fingerprint density at radius 3 is 2.37 bits per heavy atom. The van der Waals surface area contributed by atoms with Crippen molar-refractivity contribution in [1.29, 1.82) is 0 Å². The molecule has 0 fully saturated rings. The molecule has 0 aliphatic rings. The first-order valence-corrected chi connectivity index (χ1v) is 11.8. The molecule has 0 saturated carbocycles. The Morgan fingerprint density at radius 2 is 1.70 bits per heavy atom. The summed E-state index contributed by atoms with van der Waals surface area (Å²) >= 11 is 1.60. The average Bonchev–Trinajstić information content (AvgIpc) is 2.72. The lowest BCUT2D eigenvalue weighted by molar-refractivity contribution is -0.138. The zero-order valence-corrected chi connectivity index (χ0v) is 19.4. The van der Waals surface area contributed by atoms with Gasteiger partial charge in [0.1, 0.15) is 6.04 Å². The molecule has 0 radical (unpaired) electrons. The molecule has 5 heteroatoms. The first-order chi connectivity index (χ1) is 14.4. The van der Waals surface area contributed by atoms with Crippen LogP contribution in [0.1, 0.15) is 37.5 Å². The van der Waals surface area contributed by atoms with E-state index < -0.39 is 6.04 Å². The highest BCUT2D eigenvalue weighted by Crippen LogP contribution is 2.15. The number of benzene rings is 2. The molecule has 162 valence electrons. The van der Waals surface area contributed by atoms with Gasteiger partial charge in [0.2, 0.25) is 11.8 Å². The second-order valence-electron chi connectivity index (χ2n) is 8.12. The smallest absolute Gasteiger partial charge is 0.242 e. The van der Waals surface area contributed by atoms with Gasteiger partial charge in [-0.05, 0) is 37.3 Å². The van der Waals surface area contributed by atoms with Gasteiger partial charge in [-0.15, -0.1) is 11.8 Å². The van der Waals surface area contributed by atoms with Gasteiger partial charge in [0.05, 0.1) is 5.75 Å². The highest BCUT2D eigenvalue weighted by Gasteiger charge is 2.25. The van der Waals surface area contributed by atoms with Crippen molar-refractivity contribution in [3.63, 3.8) is 0 Å². The van der Waals surface area contributed by atoms with Crippen LogP contribution in [-0.4, -0.2) is 41.6 Å². The van der Waals surface area contributed by atoms with E-state index in [4.69, 9.17) is 0 Å². The first-order valence-electron chi connectivity index (χ1n) is 10.6. The van der Waals surface area contributed by atoms with Crippen LogP contribution in [0.25, 0.3) is 0 Å². The van der Waals surface area contributed by atoms with Gasteiger partial charge in [0.15, 0.2) is 0 Å². The van der Waals surface area contributed by atoms with Crippen LogP contribution in [-0.2, 0) is 21.8 Å². The maximum atomic E-state index is 13.0. The molecule has 0 spiro atoms. The number of carbonyl (C=O) groups excluding carboxylic acids is 2. The van der Waals surface area contributed by atoms with Crippen molar-refractivity contribution >= 4 is 23.6 Å².